The van der Waals surface area contributed by atoms with Crippen LogP contribution in [0.2, 0.25) is 0 Å². The summed E-state index contributed by atoms with van der Waals surface area (Å²) in [6, 6.07) is 9.92. The predicted octanol–water partition coefficient (Wildman–Crippen LogP) is 4.70. The van der Waals surface area contributed by atoms with Crippen LogP contribution in [0.25, 0.3) is 0 Å². The molecule has 6 heteroatoms. The molecule has 0 amide bonds. The number of benzene rings is 2. The third kappa shape index (κ3) is 2.96. The largest absolute Gasteiger partial charge is 0.416 e. The van der Waals surface area contributed by atoms with Crippen molar-refractivity contribution in [3.05, 3.63) is 71.0 Å². The average molecular weight is 335 g/mol. The van der Waals surface area contributed by atoms with Crippen molar-refractivity contribution in [3.63, 3.8) is 0 Å². The highest BCUT2D eigenvalue weighted by molar-refractivity contribution is 6.17. The van der Waals surface area contributed by atoms with Gasteiger partial charge in [-0.05, 0) is 35.7 Å². The van der Waals surface area contributed by atoms with E-state index in [4.69, 9.17) is 5.41 Å². The van der Waals surface area contributed by atoms with Crippen LogP contribution in [0.3, 0.4) is 0 Å². The Morgan fingerprint density at radius 2 is 1.67 bits per heavy atom. The van der Waals surface area contributed by atoms with Crippen LogP contribution in [-0.2, 0) is 11.0 Å². The van der Waals surface area contributed by atoms with E-state index in [1.165, 1.54) is 36.4 Å². The highest BCUT2D eigenvalue weighted by Crippen LogP contribution is 2.40. The van der Waals surface area contributed by atoms with Crippen LogP contribution >= 0.6 is 0 Å². The molecule has 0 spiro atoms. The fraction of sp³-hybridized carbons (Fsp3) is 0.222. The van der Waals surface area contributed by atoms with Crippen molar-refractivity contribution < 1.29 is 22.4 Å². The lowest BCUT2D eigenvalue weighted by Gasteiger charge is -2.13. The zero-order chi connectivity index (χ0) is 17.5. The summed E-state index contributed by atoms with van der Waals surface area (Å²) < 4.78 is 51.6. The molecule has 2 aromatic rings. The number of hydrogen-bond donors (Lipinski definition) is 1. The number of hydrogen-bond acceptors (Lipinski definition) is 2. The molecule has 0 heterocycles. The molecule has 2 nitrogen and oxygen atoms in total. The summed E-state index contributed by atoms with van der Waals surface area (Å²) in [5, 5.41) is 8.05. The Bertz CT molecular complexity index is 795. The fourth-order valence-electron chi connectivity index (χ4n) is 3.05. The highest BCUT2D eigenvalue weighted by Gasteiger charge is 2.41. The maximum Gasteiger partial charge on any atom is 0.416 e. The van der Waals surface area contributed by atoms with Gasteiger partial charge in [-0.1, -0.05) is 30.3 Å². The molecule has 0 saturated heterocycles. The molecule has 1 fully saturated rings. The fourth-order valence-corrected chi connectivity index (χ4v) is 3.05. The van der Waals surface area contributed by atoms with E-state index in [1.807, 2.05) is 0 Å². The normalized spacial score (nSPS) is 21.3. The number of rotatable bonds is 2. The van der Waals surface area contributed by atoms with Gasteiger partial charge in [0.15, 0.2) is 5.78 Å². The van der Waals surface area contributed by atoms with Gasteiger partial charge in [0.25, 0.3) is 0 Å². The van der Waals surface area contributed by atoms with Crippen LogP contribution in [0.4, 0.5) is 17.6 Å². The van der Waals surface area contributed by atoms with E-state index in [1.54, 1.807) is 0 Å². The summed E-state index contributed by atoms with van der Waals surface area (Å²) in [5.74, 6) is -2.38. The van der Waals surface area contributed by atoms with Crippen LogP contribution in [0.15, 0.2) is 48.5 Å². The number of alkyl halides is 3. The van der Waals surface area contributed by atoms with Gasteiger partial charge in [0, 0.05) is 11.6 Å². The lowest BCUT2D eigenvalue weighted by atomic mass is 9.90. The molecule has 2 aromatic carbocycles. The van der Waals surface area contributed by atoms with E-state index in [0.717, 1.165) is 12.1 Å². The van der Waals surface area contributed by atoms with Gasteiger partial charge in [-0.15, -0.1) is 0 Å². The van der Waals surface area contributed by atoms with E-state index < -0.39 is 29.4 Å². The third-order valence-corrected chi connectivity index (χ3v) is 4.22. The first-order valence-corrected chi connectivity index (χ1v) is 7.31. The average Bonchev–Trinajstić information content (AvgIpc) is 2.82. The lowest BCUT2D eigenvalue weighted by Crippen LogP contribution is -2.15. The number of carbonyl (C=O) groups excluding carboxylic acids is 1. The van der Waals surface area contributed by atoms with Crippen molar-refractivity contribution in [3.8, 4) is 0 Å². The van der Waals surface area contributed by atoms with Crippen molar-refractivity contribution >= 4 is 11.5 Å². The van der Waals surface area contributed by atoms with Crippen molar-refractivity contribution in [2.75, 3.05) is 0 Å². The predicted molar refractivity (Wildman–Crippen MR) is 80.7 cm³/mol. The minimum atomic E-state index is -4.50. The zero-order valence-corrected chi connectivity index (χ0v) is 12.4. The molecule has 0 bridgehead atoms. The summed E-state index contributed by atoms with van der Waals surface area (Å²) in [6.45, 7) is 0. The van der Waals surface area contributed by atoms with Crippen LogP contribution in [0, 0.1) is 11.2 Å². The van der Waals surface area contributed by atoms with Gasteiger partial charge < -0.3 is 5.41 Å². The van der Waals surface area contributed by atoms with Gasteiger partial charge in [-0.3, -0.25) is 4.79 Å². The molecule has 2 unspecified atom stereocenters. The molecule has 1 N–H and O–H groups in total. The number of nitrogens with one attached hydrogen (secondary N) is 1. The van der Waals surface area contributed by atoms with Crippen LogP contribution in [0.1, 0.15) is 34.9 Å². The number of Topliss-reactive ketones (excluding diaryl/α,β-unsaturated/α-hetero) is 1. The van der Waals surface area contributed by atoms with Crippen molar-refractivity contribution in [1.82, 2.24) is 0 Å². The molecule has 0 aromatic heterocycles. The molecule has 1 aliphatic carbocycles. The molecule has 1 saturated carbocycles. The van der Waals surface area contributed by atoms with E-state index in [2.05, 4.69) is 0 Å². The SMILES string of the molecule is N=C1CC(c2ccc(F)cc2)C(=O)C1c1cccc(C(F)(F)F)c1. The summed E-state index contributed by atoms with van der Waals surface area (Å²) in [7, 11) is 0. The summed E-state index contributed by atoms with van der Waals surface area (Å²) in [5.41, 5.74) is -0.0236. The Morgan fingerprint density at radius 1 is 1.00 bits per heavy atom. The zero-order valence-electron chi connectivity index (χ0n) is 12.4. The van der Waals surface area contributed by atoms with Gasteiger partial charge in [-0.2, -0.15) is 13.2 Å². The lowest BCUT2D eigenvalue weighted by molar-refractivity contribution is -0.137. The summed E-state index contributed by atoms with van der Waals surface area (Å²) in [6.07, 6.45) is -4.37. The molecule has 24 heavy (non-hydrogen) atoms. The second kappa shape index (κ2) is 5.85. The van der Waals surface area contributed by atoms with Crippen molar-refractivity contribution in [2.24, 2.45) is 0 Å². The topological polar surface area (TPSA) is 40.9 Å². The van der Waals surface area contributed by atoms with Crippen LogP contribution in [0.5, 0.6) is 0 Å². The summed E-state index contributed by atoms with van der Waals surface area (Å²) >= 11 is 0. The summed E-state index contributed by atoms with van der Waals surface area (Å²) in [4.78, 5) is 12.6. The molecule has 0 aliphatic heterocycles. The molecular weight excluding hydrogens is 322 g/mol. The highest BCUT2D eigenvalue weighted by atomic mass is 19.4. The molecule has 124 valence electrons. The molecular formula is C18H13F4NO. The first kappa shape index (κ1) is 16.4. The van der Waals surface area contributed by atoms with E-state index >= 15 is 0 Å². The van der Waals surface area contributed by atoms with Crippen LogP contribution < -0.4 is 0 Å². The number of carbonyl (C=O) groups is 1. The minimum absolute atomic E-state index is 0.0775. The van der Waals surface area contributed by atoms with Gasteiger partial charge in [0.2, 0.25) is 0 Å². The maximum absolute atomic E-state index is 13.0. The Kier molecular flexibility index (Phi) is 3.99. The smallest absolute Gasteiger partial charge is 0.309 e. The van der Waals surface area contributed by atoms with Gasteiger partial charge in [-0.25, -0.2) is 4.39 Å². The van der Waals surface area contributed by atoms with Crippen LogP contribution in [-0.4, -0.2) is 11.5 Å². The second-order valence-electron chi connectivity index (χ2n) is 5.79. The van der Waals surface area contributed by atoms with Gasteiger partial charge in [0.05, 0.1) is 11.5 Å². The Hall–Kier alpha value is -2.50. The molecule has 3 rings (SSSR count). The first-order chi connectivity index (χ1) is 11.3. The van der Waals surface area contributed by atoms with E-state index in [9.17, 15) is 22.4 Å². The van der Waals surface area contributed by atoms with E-state index in [-0.39, 0.29) is 23.5 Å². The third-order valence-electron chi connectivity index (χ3n) is 4.22. The molecule has 0 radical (unpaired) electrons. The minimum Gasteiger partial charge on any atom is -0.309 e. The van der Waals surface area contributed by atoms with E-state index in [0.29, 0.717) is 5.56 Å². The van der Waals surface area contributed by atoms with Crippen molar-refractivity contribution in [1.29, 1.82) is 5.41 Å². The van der Waals surface area contributed by atoms with Gasteiger partial charge >= 0.3 is 6.18 Å². The molecule has 1 aliphatic rings. The monoisotopic (exact) mass is 335 g/mol. The number of ketones is 1. The second-order valence-corrected chi connectivity index (χ2v) is 5.79. The Labute approximate surface area is 135 Å². The quantitative estimate of drug-likeness (QED) is 0.794. The standard InChI is InChI=1S/C18H13F4NO/c19-13-6-4-10(5-7-13)14-9-15(23)16(17(14)24)11-2-1-3-12(8-11)18(20,21)22/h1-8,14,16,23H,9H2. The first-order valence-electron chi connectivity index (χ1n) is 7.31. The maximum atomic E-state index is 13.0. The Morgan fingerprint density at radius 3 is 2.29 bits per heavy atom. The van der Waals surface area contributed by atoms with Crippen molar-refractivity contribution in [2.45, 2.75) is 24.4 Å². The Balaban J connectivity index is 1.94. The van der Waals surface area contributed by atoms with Gasteiger partial charge in [0.1, 0.15) is 5.82 Å². The number of halogens is 4. The molecule has 2 atom stereocenters.